The van der Waals surface area contributed by atoms with E-state index in [9.17, 15) is 21.6 Å². The maximum Gasteiger partial charge on any atom is 0.263 e. The molecule has 2 aromatic rings. The lowest BCUT2D eigenvalue weighted by Crippen LogP contribution is -2.61. The molecule has 2 aliphatic rings. The van der Waals surface area contributed by atoms with Crippen molar-refractivity contribution in [3.63, 3.8) is 0 Å². The second kappa shape index (κ2) is 10.0. The molecule has 1 amide bonds. The van der Waals surface area contributed by atoms with E-state index in [1.54, 1.807) is 17.6 Å². The van der Waals surface area contributed by atoms with E-state index in [2.05, 4.69) is 10.5 Å². The zero-order chi connectivity index (χ0) is 23.6. The lowest BCUT2D eigenvalue weighted by Gasteiger charge is -2.38. The van der Waals surface area contributed by atoms with E-state index in [0.717, 1.165) is 39.0 Å². The number of rotatable bonds is 7. The average Bonchev–Trinajstić information content (AvgIpc) is 3.49. The smallest absolute Gasteiger partial charge is 0.263 e. The molecule has 2 aromatic heterocycles. The topological polar surface area (TPSA) is 135 Å². The summed E-state index contributed by atoms with van der Waals surface area (Å²) in [6.45, 7) is -0.0350. The largest absolute Gasteiger partial charge is 0.350 e. The van der Waals surface area contributed by atoms with Gasteiger partial charge in [-0.05, 0) is 25.0 Å². The predicted molar refractivity (Wildman–Crippen MR) is 122 cm³/mol. The number of aromatic nitrogens is 1. The van der Waals surface area contributed by atoms with Crippen LogP contribution in [0.5, 0.6) is 0 Å². The molecule has 33 heavy (non-hydrogen) atoms. The molecule has 0 aromatic carbocycles. The summed E-state index contributed by atoms with van der Waals surface area (Å²) in [6.07, 6.45) is 4.41. The Hall–Kier alpha value is -1.46. The van der Waals surface area contributed by atoms with Crippen LogP contribution in [0.2, 0.25) is 0 Å². The molecule has 2 aliphatic heterocycles. The summed E-state index contributed by atoms with van der Waals surface area (Å²) in [4.78, 5) is 23.2. The zero-order valence-corrected chi connectivity index (χ0v) is 21.0. The fourth-order valence-corrected chi connectivity index (χ4v) is 8.12. The van der Waals surface area contributed by atoms with E-state index < -0.39 is 38.3 Å². The number of carbonyl (C=O) groups excluding carboxylic acids is 1. The summed E-state index contributed by atoms with van der Waals surface area (Å²) in [5.74, 6) is -0.752. The van der Waals surface area contributed by atoms with Gasteiger partial charge in [0.25, 0.3) is 15.9 Å². The van der Waals surface area contributed by atoms with Crippen LogP contribution in [0.1, 0.15) is 19.3 Å². The van der Waals surface area contributed by atoms with Gasteiger partial charge >= 0.3 is 0 Å². The van der Waals surface area contributed by atoms with Crippen LogP contribution in [0.4, 0.5) is 0 Å². The number of hydrogen-bond acceptors (Lipinski definition) is 10. The first kappa shape index (κ1) is 24.7. The van der Waals surface area contributed by atoms with E-state index in [0.29, 0.717) is 22.9 Å². The van der Waals surface area contributed by atoms with Crippen molar-refractivity contribution in [1.29, 1.82) is 0 Å². The number of hydroxylamine groups is 1. The number of ether oxygens (including phenoxy) is 1. The number of hydrogen-bond donors (Lipinski definition) is 1. The molecule has 1 N–H and O–H groups in total. The van der Waals surface area contributed by atoms with E-state index in [1.807, 2.05) is 0 Å². The molecule has 0 saturated carbocycles. The number of sulfonamides is 2. The highest BCUT2D eigenvalue weighted by Gasteiger charge is 2.43. The lowest BCUT2D eigenvalue weighted by atomic mass is 10.2. The van der Waals surface area contributed by atoms with Crippen molar-refractivity contribution in [1.82, 2.24) is 19.1 Å². The highest BCUT2D eigenvalue weighted by Crippen LogP contribution is 2.34. The minimum absolute atomic E-state index is 0.0508. The molecule has 0 bridgehead atoms. The highest BCUT2D eigenvalue weighted by atomic mass is 32.2. The van der Waals surface area contributed by atoms with Crippen molar-refractivity contribution in [3.05, 3.63) is 23.7 Å². The summed E-state index contributed by atoms with van der Waals surface area (Å²) in [5, 5.41) is 2.49. The lowest BCUT2D eigenvalue weighted by molar-refractivity contribution is -0.202. The molecule has 2 fully saturated rings. The number of nitrogens with zero attached hydrogens (tertiary/aromatic N) is 3. The maximum atomic E-state index is 13.5. The van der Waals surface area contributed by atoms with Crippen LogP contribution >= 0.6 is 22.7 Å². The first-order valence-corrected chi connectivity index (χ1v) is 15.2. The van der Waals surface area contributed by atoms with Crippen LogP contribution in [-0.4, -0.2) is 81.2 Å². The molecule has 2 unspecified atom stereocenters. The number of thiophene rings is 1. The van der Waals surface area contributed by atoms with Crippen molar-refractivity contribution < 1.29 is 31.2 Å². The standard InChI is InChI=1S/C18H24N4O7S4/c1-32(24,25)21-8-9-22(13(12-21)17(23)20-29-15-4-2-3-10-28-15)33(26,27)16-6-5-14(31-16)18-19-7-11-30-18/h5-7,11,13,15H,2-4,8-10,12H2,1H3,(H,20,23). The minimum atomic E-state index is -4.08. The fourth-order valence-electron chi connectivity index (χ4n) is 3.57. The second-order valence-corrected chi connectivity index (χ2v) is 13.7. The first-order valence-electron chi connectivity index (χ1n) is 10.2. The summed E-state index contributed by atoms with van der Waals surface area (Å²) in [5.41, 5.74) is 2.28. The van der Waals surface area contributed by atoms with E-state index >= 15 is 0 Å². The number of amides is 1. The average molecular weight is 537 g/mol. The van der Waals surface area contributed by atoms with E-state index in [1.165, 1.54) is 17.4 Å². The molecule has 4 heterocycles. The van der Waals surface area contributed by atoms with Crippen LogP contribution in [-0.2, 0) is 34.4 Å². The zero-order valence-electron chi connectivity index (χ0n) is 17.7. The Morgan fingerprint density at radius 3 is 2.73 bits per heavy atom. The third kappa shape index (κ3) is 5.62. The quantitative estimate of drug-likeness (QED) is 0.520. The van der Waals surface area contributed by atoms with E-state index in [-0.39, 0.29) is 23.8 Å². The third-order valence-electron chi connectivity index (χ3n) is 5.28. The number of carbonyl (C=O) groups is 1. The predicted octanol–water partition coefficient (Wildman–Crippen LogP) is 1.08. The van der Waals surface area contributed by atoms with Crippen molar-refractivity contribution in [2.75, 3.05) is 32.5 Å². The van der Waals surface area contributed by atoms with Gasteiger partial charge in [0, 0.05) is 44.2 Å². The van der Waals surface area contributed by atoms with Gasteiger partial charge in [0.2, 0.25) is 10.0 Å². The van der Waals surface area contributed by atoms with Crippen LogP contribution in [0.25, 0.3) is 9.88 Å². The molecule has 15 heteroatoms. The summed E-state index contributed by atoms with van der Waals surface area (Å²) < 4.78 is 58.7. The van der Waals surface area contributed by atoms with Gasteiger partial charge in [-0.25, -0.2) is 32.1 Å². The van der Waals surface area contributed by atoms with Gasteiger partial charge < -0.3 is 4.74 Å². The first-order chi connectivity index (χ1) is 15.7. The minimum Gasteiger partial charge on any atom is -0.350 e. The monoisotopic (exact) mass is 536 g/mol. The molecule has 2 atom stereocenters. The normalized spacial score (nSPS) is 23.4. The molecule has 2 saturated heterocycles. The molecular formula is C18H24N4O7S4. The highest BCUT2D eigenvalue weighted by molar-refractivity contribution is 7.91. The van der Waals surface area contributed by atoms with Gasteiger partial charge in [0.05, 0.1) is 11.1 Å². The van der Waals surface area contributed by atoms with Gasteiger partial charge in [0.15, 0.2) is 6.29 Å². The molecule has 182 valence electrons. The van der Waals surface area contributed by atoms with Gasteiger partial charge in [-0.3, -0.25) is 4.79 Å². The van der Waals surface area contributed by atoms with Crippen LogP contribution in [0.15, 0.2) is 27.9 Å². The fraction of sp³-hybridized carbons (Fsp3) is 0.556. The molecule has 0 radical (unpaired) electrons. The maximum absolute atomic E-state index is 13.5. The molecule has 11 nitrogen and oxygen atoms in total. The Morgan fingerprint density at radius 1 is 1.24 bits per heavy atom. The summed E-state index contributed by atoms with van der Waals surface area (Å²) >= 11 is 2.44. The molecule has 4 rings (SSSR count). The summed E-state index contributed by atoms with van der Waals surface area (Å²) in [6, 6.07) is 1.84. The van der Waals surface area contributed by atoms with Crippen molar-refractivity contribution >= 4 is 48.6 Å². The number of piperazine rings is 1. The van der Waals surface area contributed by atoms with Gasteiger partial charge in [0.1, 0.15) is 15.3 Å². The Labute approximate surface area is 200 Å². The van der Waals surface area contributed by atoms with Crippen LogP contribution < -0.4 is 5.48 Å². The number of thiazole rings is 1. The molecular weight excluding hydrogens is 512 g/mol. The van der Waals surface area contributed by atoms with Crippen molar-refractivity contribution in [2.24, 2.45) is 0 Å². The third-order valence-corrected chi connectivity index (χ3v) is 11.0. The van der Waals surface area contributed by atoms with Crippen LogP contribution in [0, 0.1) is 0 Å². The Bertz CT molecular complexity index is 1170. The van der Waals surface area contributed by atoms with Gasteiger partial charge in [-0.2, -0.15) is 8.61 Å². The summed E-state index contributed by atoms with van der Waals surface area (Å²) in [7, 11) is -7.70. The molecule has 0 spiro atoms. The van der Waals surface area contributed by atoms with Gasteiger partial charge in [-0.1, -0.05) is 0 Å². The SMILES string of the molecule is CS(=O)(=O)N1CCN(S(=O)(=O)c2ccc(-c3nccs3)s2)C(C(=O)NOC2CCCCO2)C1. The van der Waals surface area contributed by atoms with E-state index in [4.69, 9.17) is 9.57 Å². The van der Waals surface area contributed by atoms with Crippen molar-refractivity contribution in [3.8, 4) is 9.88 Å². The second-order valence-electron chi connectivity index (χ2n) is 7.59. The number of nitrogens with one attached hydrogen (secondary N) is 1. The Kier molecular flexibility index (Phi) is 7.50. The van der Waals surface area contributed by atoms with Crippen LogP contribution in [0.3, 0.4) is 0 Å². The van der Waals surface area contributed by atoms with Crippen molar-refractivity contribution in [2.45, 2.75) is 35.8 Å². The Balaban J connectivity index is 1.56. The Morgan fingerprint density at radius 2 is 2.06 bits per heavy atom. The van der Waals surface area contributed by atoms with Gasteiger partial charge in [-0.15, -0.1) is 22.7 Å². The molecule has 0 aliphatic carbocycles.